The van der Waals surface area contributed by atoms with E-state index in [9.17, 15) is 5.11 Å². The minimum absolute atomic E-state index is 0.0790. The summed E-state index contributed by atoms with van der Waals surface area (Å²) in [7, 11) is 1.56. The number of aliphatic hydroxyl groups is 1. The van der Waals surface area contributed by atoms with Gasteiger partial charge in [0, 0.05) is 7.11 Å². The summed E-state index contributed by atoms with van der Waals surface area (Å²) in [6.45, 7) is 1.96. The molecule has 8 aromatic carbocycles. The van der Waals surface area contributed by atoms with Crippen molar-refractivity contribution in [3.8, 4) is 0 Å². The van der Waals surface area contributed by atoms with Crippen LogP contribution in [0.2, 0.25) is 0 Å². The predicted octanol–water partition coefficient (Wildman–Crippen LogP) is 11.8. The van der Waals surface area contributed by atoms with Crippen LogP contribution in [-0.4, -0.2) is 99.0 Å². The van der Waals surface area contributed by atoms with Gasteiger partial charge in [0.2, 0.25) is 0 Å². The Morgan fingerprint density at radius 3 is 0.929 bits per heavy atom. The summed E-state index contributed by atoms with van der Waals surface area (Å²) in [4.78, 5) is 0. The quantitative estimate of drug-likeness (QED) is 0.0443. The van der Waals surface area contributed by atoms with Gasteiger partial charge in [-0.15, -0.1) is 0 Å². The summed E-state index contributed by atoms with van der Waals surface area (Å²) in [5.41, 5.74) is 7.56. The zero-order valence-corrected chi connectivity index (χ0v) is 47.4. The number of methoxy groups -OCH3 is 1. The van der Waals surface area contributed by atoms with E-state index in [1.54, 1.807) is 7.11 Å². The summed E-state index contributed by atoms with van der Waals surface area (Å²) < 4.78 is 83.1. The third-order valence-electron chi connectivity index (χ3n) is 14.9. The van der Waals surface area contributed by atoms with Gasteiger partial charge >= 0.3 is 0 Å². The molecule has 2 aliphatic rings. The molecule has 8 aromatic rings. The second-order valence-electron chi connectivity index (χ2n) is 21.0. The third kappa shape index (κ3) is 17.7. The minimum atomic E-state index is -1.47. The highest BCUT2D eigenvalue weighted by Crippen LogP contribution is 2.38. The second kappa shape index (κ2) is 32.5. The second-order valence-corrected chi connectivity index (χ2v) is 21.0. The van der Waals surface area contributed by atoms with Crippen LogP contribution in [0.25, 0.3) is 0 Å². The lowest BCUT2D eigenvalue weighted by Gasteiger charge is -2.51. The van der Waals surface area contributed by atoms with Crippen LogP contribution < -0.4 is 0 Å². The molecule has 0 amide bonds. The van der Waals surface area contributed by atoms with Gasteiger partial charge in [0.05, 0.1) is 66.1 Å². The molecule has 1 N–H and O–H groups in total. The highest BCUT2D eigenvalue weighted by atomic mass is 16.8. The number of hydrogen-bond donors (Lipinski definition) is 1. The molecule has 13 nitrogen and oxygen atoms in total. The van der Waals surface area contributed by atoms with Crippen LogP contribution in [0.3, 0.4) is 0 Å². The van der Waals surface area contributed by atoms with E-state index in [1.807, 2.05) is 243 Å². The van der Waals surface area contributed by atoms with E-state index < -0.39 is 73.6 Å². The first-order valence-electron chi connectivity index (χ1n) is 28.9. The van der Waals surface area contributed by atoms with Gasteiger partial charge < -0.3 is 61.9 Å². The van der Waals surface area contributed by atoms with Crippen molar-refractivity contribution in [2.75, 3.05) is 20.3 Å². The van der Waals surface area contributed by atoms with Crippen LogP contribution in [0.4, 0.5) is 0 Å². The fourth-order valence-electron chi connectivity index (χ4n) is 10.5. The molecular formula is C71H76O13. The molecule has 0 aliphatic carbocycles. The number of ether oxygens (including phenoxy) is 12. The first-order chi connectivity index (χ1) is 41.5. The van der Waals surface area contributed by atoms with Gasteiger partial charge in [0.25, 0.3) is 0 Å². The van der Waals surface area contributed by atoms with Crippen molar-refractivity contribution in [2.24, 2.45) is 0 Å². The van der Waals surface area contributed by atoms with E-state index >= 15 is 0 Å². The van der Waals surface area contributed by atoms with Crippen LogP contribution >= 0.6 is 0 Å². The lowest BCUT2D eigenvalue weighted by Crippen LogP contribution is -2.68. The summed E-state index contributed by atoms with van der Waals surface area (Å²) in [6.07, 6.45) is -12.4. The SMILES string of the molecule is CO[C@H]1O[C@H]([C@@H](COCc2ccccc2)OCc2ccccc2)[C@@H](OCc2ccccc2)[C@H](OCc2ccccc2)[C@@H]1O[C@H]1O[C@H]([C@@H](COCc2ccccc2)OCc2ccccc2)[C@@H](OCc2ccccc2)[C@H](OCc2ccccc2)[C@@H]1O. The molecule has 0 spiro atoms. The Labute approximate surface area is 493 Å². The Bertz CT molecular complexity index is 3030. The summed E-state index contributed by atoms with van der Waals surface area (Å²) in [6, 6.07) is 79.4. The monoisotopic (exact) mass is 1140 g/mol. The molecule has 438 valence electrons. The molecule has 0 radical (unpaired) electrons. The van der Waals surface area contributed by atoms with Crippen molar-refractivity contribution in [1.82, 2.24) is 0 Å². The minimum Gasteiger partial charge on any atom is -0.385 e. The molecule has 2 fully saturated rings. The predicted molar refractivity (Wildman–Crippen MR) is 318 cm³/mol. The molecule has 10 rings (SSSR count). The molecule has 13 heteroatoms. The molecule has 84 heavy (non-hydrogen) atoms. The maximum absolute atomic E-state index is 13.1. The Morgan fingerprint density at radius 1 is 0.321 bits per heavy atom. The topological polar surface area (TPSA) is 131 Å². The third-order valence-corrected chi connectivity index (χ3v) is 14.9. The highest BCUT2D eigenvalue weighted by Gasteiger charge is 2.56. The first-order valence-corrected chi connectivity index (χ1v) is 28.9. The maximum atomic E-state index is 13.1. The standard InChI is InChI=1S/C71H76O13/c1-73-71-69(68(81-49-59-40-24-9-25-41-59)67(80-48-58-38-22-8-23-39-58)64(83-71)61(77-45-55-32-16-5-17-33-55)51-75-43-53-28-12-3-13-29-53)84-70-62(72)65(78-46-56-34-18-6-19-35-56)66(79-47-57-36-20-7-21-37-57)63(82-70)60(76-44-54-30-14-4-15-31-54)50-74-42-52-26-10-2-11-27-52/h2-41,60-72H,42-51H2,1H3/t60-,61-,62+,63-,64-,65-,66-,67-,68+,69+,70-,71+/m1/s1. The van der Waals surface area contributed by atoms with Gasteiger partial charge in [-0.25, -0.2) is 0 Å². The zero-order chi connectivity index (χ0) is 57.4. The van der Waals surface area contributed by atoms with Crippen LogP contribution in [-0.2, 0) is 110 Å². The molecule has 2 heterocycles. The van der Waals surface area contributed by atoms with E-state index in [1.165, 1.54) is 0 Å². The Hall–Kier alpha value is -6.76. The highest BCUT2D eigenvalue weighted by molar-refractivity contribution is 5.20. The van der Waals surface area contributed by atoms with Crippen molar-refractivity contribution in [3.05, 3.63) is 287 Å². The van der Waals surface area contributed by atoms with Gasteiger partial charge in [-0.2, -0.15) is 0 Å². The van der Waals surface area contributed by atoms with E-state index in [0.717, 1.165) is 44.5 Å². The van der Waals surface area contributed by atoms with E-state index in [0.29, 0.717) is 13.2 Å². The molecule has 2 saturated heterocycles. The number of aliphatic hydroxyl groups excluding tert-OH is 1. The largest absolute Gasteiger partial charge is 0.385 e. The molecule has 0 saturated carbocycles. The number of rotatable bonds is 31. The van der Waals surface area contributed by atoms with Gasteiger partial charge in [0.1, 0.15) is 61.0 Å². The molecular weight excluding hydrogens is 1060 g/mol. The van der Waals surface area contributed by atoms with Crippen molar-refractivity contribution in [1.29, 1.82) is 0 Å². The maximum Gasteiger partial charge on any atom is 0.187 e. The van der Waals surface area contributed by atoms with Crippen LogP contribution in [0, 0.1) is 0 Å². The van der Waals surface area contributed by atoms with E-state index in [4.69, 9.17) is 56.8 Å². The van der Waals surface area contributed by atoms with Crippen molar-refractivity contribution in [3.63, 3.8) is 0 Å². The molecule has 12 atom stereocenters. The smallest absolute Gasteiger partial charge is 0.187 e. The fourth-order valence-corrected chi connectivity index (χ4v) is 10.5. The van der Waals surface area contributed by atoms with Crippen molar-refractivity contribution >= 4 is 0 Å². The Morgan fingerprint density at radius 2 is 0.595 bits per heavy atom. The summed E-state index contributed by atoms with van der Waals surface area (Å²) in [5.74, 6) is 0. The summed E-state index contributed by atoms with van der Waals surface area (Å²) >= 11 is 0. The van der Waals surface area contributed by atoms with Crippen LogP contribution in [0.5, 0.6) is 0 Å². The van der Waals surface area contributed by atoms with E-state index in [-0.39, 0.29) is 52.9 Å². The van der Waals surface area contributed by atoms with Gasteiger partial charge in [-0.05, 0) is 44.5 Å². The zero-order valence-electron chi connectivity index (χ0n) is 47.4. The molecule has 0 bridgehead atoms. The van der Waals surface area contributed by atoms with Gasteiger partial charge in [-0.1, -0.05) is 243 Å². The average Bonchev–Trinajstić information content (AvgIpc) is 1.93. The molecule has 0 unspecified atom stereocenters. The van der Waals surface area contributed by atoms with Crippen LogP contribution in [0.1, 0.15) is 44.5 Å². The van der Waals surface area contributed by atoms with Gasteiger partial charge in [0.15, 0.2) is 12.6 Å². The average molecular weight is 1140 g/mol. The Balaban J connectivity index is 1.03. The van der Waals surface area contributed by atoms with Crippen molar-refractivity contribution < 1.29 is 61.9 Å². The van der Waals surface area contributed by atoms with Crippen molar-refractivity contribution in [2.45, 2.75) is 126 Å². The Kier molecular flexibility index (Phi) is 23.4. The normalized spacial score (nSPS) is 23.2. The number of hydrogen-bond acceptors (Lipinski definition) is 13. The molecule has 2 aliphatic heterocycles. The number of benzene rings is 8. The van der Waals surface area contributed by atoms with E-state index in [2.05, 4.69) is 0 Å². The fraction of sp³-hybridized carbons (Fsp3) is 0.324. The summed E-state index contributed by atoms with van der Waals surface area (Å²) in [5, 5.41) is 13.1. The van der Waals surface area contributed by atoms with Crippen LogP contribution in [0.15, 0.2) is 243 Å². The lowest BCUT2D eigenvalue weighted by molar-refractivity contribution is -0.385. The van der Waals surface area contributed by atoms with Gasteiger partial charge in [-0.3, -0.25) is 0 Å². The lowest BCUT2D eigenvalue weighted by atomic mass is 9.92. The molecule has 0 aromatic heterocycles. The first kappa shape index (κ1) is 60.4.